The van der Waals surface area contributed by atoms with Gasteiger partial charge in [0.25, 0.3) is 11.8 Å². The molecule has 0 atom stereocenters. The summed E-state index contributed by atoms with van der Waals surface area (Å²) in [6.45, 7) is 10.2. The highest BCUT2D eigenvalue weighted by molar-refractivity contribution is 6.15. The van der Waals surface area contributed by atoms with Gasteiger partial charge in [0.1, 0.15) is 11.2 Å². The first-order chi connectivity index (χ1) is 21.5. The Morgan fingerprint density at radius 2 is 1.73 bits per heavy atom. The smallest absolute Gasteiger partial charge is 0.344 e. The van der Waals surface area contributed by atoms with Gasteiger partial charge in [-0.3, -0.25) is 9.59 Å². The zero-order chi connectivity index (χ0) is 32.7. The number of amides is 3. The number of aryl methyl sites for hydroxylation is 2. The van der Waals surface area contributed by atoms with Gasteiger partial charge in [-0.05, 0) is 57.4 Å². The van der Waals surface area contributed by atoms with Gasteiger partial charge in [0.2, 0.25) is 5.88 Å². The van der Waals surface area contributed by atoms with Crippen molar-refractivity contribution in [3.8, 4) is 11.7 Å². The van der Waals surface area contributed by atoms with Crippen molar-refractivity contribution < 1.29 is 19.1 Å². The number of fused-ring (bicyclic) bond motifs is 1. The molecule has 4 rings (SSSR count). The summed E-state index contributed by atoms with van der Waals surface area (Å²) in [5.41, 5.74) is 2.37. The standard InChI is InChI=1S/C33H44N8O4/c1-8-9-10-11-12-13-17-39(6)33(44)40-20-24-18-23(5)28(27(29(24)38-40)32(43)35-21(2)3)36-31(42)25-19-26(45-7)37-41(25)30-22(4)15-14-16-34-30/h14-16,18-21H,8-13,17H2,1-7H3,(H,35,43)(H,36,42). The number of hydrogen-bond acceptors (Lipinski definition) is 7. The van der Waals surface area contributed by atoms with E-state index in [0.717, 1.165) is 24.8 Å². The molecule has 3 heterocycles. The summed E-state index contributed by atoms with van der Waals surface area (Å²) < 4.78 is 8.00. The number of carbonyl (C=O) groups is 3. The zero-order valence-electron chi connectivity index (χ0n) is 27.3. The van der Waals surface area contributed by atoms with Gasteiger partial charge in [0.15, 0.2) is 5.82 Å². The predicted octanol–water partition coefficient (Wildman–Crippen LogP) is 5.89. The second kappa shape index (κ2) is 14.8. The van der Waals surface area contributed by atoms with E-state index >= 15 is 0 Å². The number of anilines is 1. The van der Waals surface area contributed by atoms with E-state index in [1.54, 1.807) is 37.3 Å². The van der Waals surface area contributed by atoms with E-state index in [2.05, 4.69) is 32.7 Å². The van der Waals surface area contributed by atoms with Crippen LogP contribution >= 0.6 is 0 Å². The van der Waals surface area contributed by atoms with Crippen molar-refractivity contribution in [2.45, 2.75) is 79.2 Å². The van der Waals surface area contributed by atoms with Crippen molar-refractivity contribution in [3.63, 3.8) is 0 Å². The summed E-state index contributed by atoms with van der Waals surface area (Å²) in [7, 11) is 3.22. The number of rotatable bonds is 13. The molecule has 0 saturated carbocycles. The van der Waals surface area contributed by atoms with Gasteiger partial charge in [-0.25, -0.2) is 14.5 Å². The van der Waals surface area contributed by atoms with Crippen molar-refractivity contribution >= 4 is 34.4 Å². The fraction of sp³-hybridized carbons (Fsp3) is 0.455. The predicted molar refractivity (Wildman–Crippen MR) is 174 cm³/mol. The van der Waals surface area contributed by atoms with E-state index in [0.29, 0.717) is 28.8 Å². The van der Waals surface area contributed by atoms with Gasteiger partial charge in [-0.15, -0.1) is 5.10 Å². The molecule has 12 heteroatoms. The number of hydrogen-bond donors (Lipinski definition) is 2. The Kier molecular flexibility index (Phi) is 10.9. The minimum atomic E-state index is -0.522. The number of ether oxygens (including phenoxy) is 1. The number of unbranched alkanes of at least 4 members (excludes halogenated alkanes) is 5. The van der Waals surface area contributed by atoms with Crippen molar-refractivity contribution in [1.82, 2.24) is 34.8 Å². The lowest BCUT2D eigenvalue weighted by atomic mass is 10.0. The molecule has 0 aliphatic rings. The van der Waals surface area contributed by atoms with Crippen LogP contribution in [0, 0.1) is 13.8 Å². The number of nitrogens with one attached hydrogen (secondary N) is 2. The number of methoxy groups -OCH3 is 1. The van der Waals surface area contributed by atoms with Crippen LogP contribution in [0.4, 0.5) is 10.5 Å². The van der Waals surface area contributed by atoms with Gasteiger partial charge < -0.3 is 20.3 Å². The van der Waals surface area contributed by atoms with Crippen LogP contribution in [0.25, 0.3) is 16.7 Å². The molecule has 0 aliphatic carbocycles. The Morgan fingerprint density at radius 1 is 1.00 bits per heavy atom. The van der Waals surface area contributed by atoms with Crippen molar-refractivity contribution in [2.24, 2.45) is 0 Å². The van der Waals surface area contributed by atoms with Crippen molar-refractivity contribution in [2.75, 3.05) is 26.0 Å². The molecule has 240 valence electrons. The monoisotopic (exact) mass is 616 g/mol. The summed E-state index contributed by atoms with van der Waals surface area (Å²) >= 11 is 0. The summed E-state index contributed by atoms with van der Waals surface area (Å²) in [6, 6.07) is 6.52. The fourth-order valence-electron chi connectivity index (χ4n) is 5.18. The molecule has 3 aromatic heterocycles. The molecule has 0 unspecified atom stereocenters. The molecule has 0 bridgehead atoms. The summed E-state index contributed by atoms with van der Waals surface area (Å²) in [5, 5.41) is 15.4. The van der Waals surface area contributed by atoms with Gasteiger partial charge in [0.05, 0.1) is 18.4 Å². The number of pyridine rings is 1. The lowest BCUT2D eigenvalue weighted by Gasteiger charge is -2.17. The van der Waals surface area contributed by atoms with Crippen LogP contribution in [0.2, 0.25) is 0 Å². The van der Waals surface area contributed by atoms with E-state index in [9.17, 15) is 14.4 Å². The van der Waals surface area contributed by atoms with Gasteiger partial charge in [-0.1, -0.05) is 45.1 Å². The van der Waals surface area contributed by atoms with E-state index in [1.807, 2.05) is 32.9 Å². The van der Waals surface area contributed by atoms with E-state index < -0.39 is 11.8 Å². The highest BCUT2D eigenvalue weighted by Gasteiger charge is 2.26. The van der Waals surface area contributed by atoms with Crippen LogP contribution in [0.3, 0.4) is 0 Å². The maximum Gasteiger partial charge on any atom is 0.344 e. The average Bonchev–Trinajstić information content (AvgIpc) is 3.63. The first-order valence-electron chi connectivity index (χ1n) is 15.5. The van der Waals surface area contributed by atoms with Crippen LogP contribution in [-0.2, 0) is 0 Å². The summed E-state index contributed by atoms with van der Waals surface area (Å²) in [6.07, 6.45) is 9.99. The first kappa shape index (κ1) is 33.2. The fourth-order valence-corrected chi connectivity index (χ4v) is 5.18. The first-order valence-corrected chi connectivity index (χ1v) is 15.5. The number of carbonyl (C=O) groups excluding carboxylic acids is 3. The van der Waals surface area contributed by atoms with Gasteiger partial charge in [0, 0.05) is 43.5 Å². The molecule has 0 saturated heterocycles. The molecule has 0 fully saturated rings. The molecule has 0 radical (unpaired) electrons. The minimum absolute atomic E-state index is 0.167. The molecule has 4 aromatic rings. The Morgan fingerprint density at radius 3 is 2.42 bits per heavy atom. The van der Waals surface area contributed by atoms with Gasteiger partial charge >= 0.3 is 6.03 Å². The zero-order valence-corrected chi connectivity index (χ0v) is 27.3. The third kappa shape index (κ3) is 7.68. The maximum atomic E-state index is 13.8. The Balaban J connectivity index is 1.69. The third-order valence-electron chi connectivity index (χ3n) is 7.56. The normalized spacial score (nSPS) is 11.2. The van der Waals surface area contributed by atoms with E-state index in [1.165, 1.54) is 41.8 Å². The average molecular weight is 617 g/mol. The van der Waals surface area contributed by atoms with Crippen molar-refractivity contribution in [3.05, 3.63) is 59.0 Å². The molecule has 0 spiro atoms. The topological polar surface area (TPSA) is 136 Å². The third-order valence-corrected chi connectivity index (χ3v) is 7.56. The molecular formula is C33H44N8O4. The molecule has 0 aliphatic heterocycles. The van der Waals surface area contributed by atoms with Crippen LogP contribution in [0.1, 0.15) is 91.3 Å². The Labute approximate surface area is 264 Å². The second-order valence-corrected chi connectivity index (χ2v) is 11.6. The van der Waals surface area contributed by atoms with Crippen molar-refractivity contribution in [1.29, 1.82) is 0 Å². The van der Waals surface area contributed by atoms with E-state index in [4.69, 9.17) is 4.74 Å². The highest BCUT2D eigenvalue weighted by atomic mass is 16.5. The largest absolute Gasteiger partial charge is 0.480 e. The summed E-state index contributed by atoms with van der Waals surface area (Å²) in [5.74, 6) is -0.236. The molecule has 3 amide bonds. The van der Waals surface area contributed by atoms with Crippen LogP contribution in [-0.4, -0.2) is 74.0 Å². The van der Waals surface area contributed by atoms with Crippen LogP contribution in [0.15, 0.2) is 36.7 Å². The van der Waals surface area contributed by atoms with Gasteiger partial charge in [-0.2, -0.15) is 9.78 Å². The molecule has 2 N–H and O–H groups in total. The Bertz CT molecular complexity index is 1670. The minimum Gasteiger partial charge on any atom is -0.480 e. The van der Waals surface area contributed by atoms with Crippen LogP contribution in [0.5, 0.6) is 5.88 Å². The number of aromatic nitrogens is 5. The quantitative estimate of drug-likeness (QED) is 0.179. The van der Waals surface area contributed by atoms with Crippen LogP contribution < -0.4 is 15.4 Å². The molecule has 1 aromatic carbocycles. The molecular weight excluding hydrogens is 572 g/mol. The highest BCUT2D eigenvalue weighted by Crippen LogP contribution is 2.31. The number of nitrogens with zero attached hydrogens (tertiary/aromatic N) is 6. The second-order valence-electron chi connectivity index (χ2n) is 11.6. The summed E-state index contributed by atoms with van der Waals surface area (Å²) in [4.78, 5) is 46.9. The Hall–Kier alpha value is -4.74. The lowest BCUT2D eigenvalue weighted by molar-refractivity contribution is 0.0945. The molecule has 12 nitrogen and oxygen atoms in total. The van der Waals surface area contributed by atoms with E-state index in [-0.39, 0.29) is 34.9 Å². The number of benzene rings is 1. The maximum absolute atomic E-state index is 13.8. The SMILES string of the molecule is CCCCCCCCN(C)C(=O)n1cc2cc(C)c(NC(=O)c3cc(OC)nn3-c3ncccc3C)c(C(=O)NC(C)C)c2n1. The lowest BCUT2D eigenvalue weighted by Crippen LogP contribution is -2.33. The molecule has 45 heavy (non-hydrogen) atoms.